The molecule has 0 heterocycles. The highest BCUT2D eigenvalue weighted by molar-refractivity contribution is 9.10. The van der Waals surface area contributed by atoms with E-state index in [-0.39, 0.29) is 0 Å². The molecule has 1 aromatic rings. The van der Waals surface area contributed by atoms with E-state index in [1.807, 2.05) is 6.07 Å². The third-order valence-electron chi connectivity index (χ3n) is 1.23. The number of hydrogen-bond acceptors (Lipinski definition) is 1. The molecule has 0 amide bonds. The van der Waals surface area contributed by atoms with E-state index in [9.17, 15) is 0 Å². The molecular weight excluding hydrogens is 263 g/mol. The molecule has 1 rings (SSSR count). The lowest BCUT2D eigenvalue weighted by atomic mass is 10.3. The van der Waals surface area contributed by atoms with Crippen molar-refractivity contribution in [3.63, 3.8) is 0 Å². The van der Waals surface area contributed by atoms with Crippen LogP contribution in [-0.2, 0) is 0 Å². The summed E-state index contributed by atoms with van der Waals surface area (Å²) in [4.78, 5) is 0. The summed E-state index contributed by atoms with van der Waals surface area (Å²) in [6.07, 6.45) is 0. The zero-order valence-electron chi connectivity index (χ0n) is 6.19. The van der Waals surface area contributed by atoms with Crippen LogP contribution in [0.5, 0.6) is 5.75 Å². The second-order valence-corrected chi connectivity index (χ2v) is 3.81. The molecule has 0 N–H and O–H groups in total. The molecule has 0 spiro atoms. The molecule has 66 valence electrons. The van der Waals surface area contributed by atoms with Gasteiger partial charge in [-0.25, -0.2) is 0 Å². The maximum atomic E-state index is 5.87. The molecular formula is C8H7BrCl2O. The van der Waals surface area contributed by atoms with E-state index in [2.05, 4.69) is 15.9 Å². The van der Waals surface area contributed by atoms with Crippen LogP contribution in [0.3, 0.4) is 0 Å². The maximum absolute atomic E-state index is 5.87. The quantitative estimate of drug-likeness (QED) is 0.760. The molecule has 1 aromatic carbocycles. The van der Waals surface area contributed by atoms with E-state index >= 15 is 0 Å². The summed E-state index contributed by atoms with van der Waals surface area (Å²) in [7, 11) is 0. The summed E-state index contributed by atoms with van der Waals surface area (Å²) >= 11 is 14.6. The van der Waals surface area contributed by atoms with E-state index in [0.29, 0.717) is 23.3 Å². The summed E-state index contributed by atoms with van der Waals surface area (Å²) in [5.41, 5.74) is 0. The molecule has 0 aromatic heterocycles. The van der Waals surface area contributed by atoms with Gasteiger partial charge in [-0.15, -0.1) is 11.6 Å². The predicted octanol–water partition coefficient (Wildman–Crippen LogP) is 3.72. The number of rotatable bonds is 3. The lowest BCUT2D eigenvalue weighted by Gasteiger charge is -2.05. The second kappa shape index (κ2) is 4.95. The molecule has 0 aliphatic carbocycles. The zero-order valence-corrected chi connectivity index (χ0v) is 9.29. The number of ether oxygens (including phenoxy) is 1. The summed E-state index contributed by atoms with van der Waals surface area (Å²) in [5.74, 6) is 1.13. The highest BCUT2D eigenvalue weighted by Gasteiger charge is 2.00. The predicted molar refractivity (Wildman–Crippen MR) is 55.4 cm³/mol. The van der Waals surface area contributed by atoms with Crippen molar-refractivity contribution < 1.29 is 4.74 Å². The van der Waals surface area contributed by atoms with Gasteiger partial charge in [-0.1, -0.05) is 27.5 Å². The Kier molecular flexibility index (Phi) is 4.19. The van der Waals surface area contributed by atoms with Gasteiger partial charge in [0.15, 0.2) is 0 Å². The van der Waals surface area contributed by atoms with Crippen molar-refractivity contribution in [3.05, 3.63) is 27.7 Å². The molecule has 0 radical (unpaired) electrons. The van der Waals surface area contributed by atoms with E-state index in [1.54, 1.807) is 12.1 Å². The van der Waals surface area contributed by atoms with E-state index < -0.39 is 0 Å². The minimum absolute atomic E-state index is 0.465. The monoisotopic (exact) mass is 268 g/mol. The van der Waals surface area contributed by atoms with E-state index in [0.717, 1.165) is 4.47 Å². The van der Waals surface area contributed by atoms with Crippen molar-refractivity contribution in [1.29, 1.82) is 0 Å². The standard InChI is InChI=1S/C8H7BrCl2O/c9-6-1-2-8(7(11)5-6)12-4-3-10/h1-2,5H,3-4H2. The van der Waals surface area contributed by atoms with Crippen molar-refractivity contribution in [1.82, 2.24) is 0 Å². The first-order valence-electron chi connectivity index (χ1n) is 3.38. The lowest BCUT2D eigenvalue weighted by Crippen LogP contribution is -1.98. The summed E-state index contributed by atoms with van der Waals surface area (Å²) in [6.45, 7) is 0.475. The topological polar surface area (TPSA) is 9.23 Å². The Morgan fingerprint density at radius 1 is 1.42 bits per heavy atom. The van der Waals surface area contributed by atoms with Crippen molar-refractivity contribution in [2.24, 2.45) is 0 Å². The van der Waals surface area contributed by atoms with Gasteiger partial charge < -0.3 is 4.74 Å². The highest BCUT2D eigenvalue weighted by atomic mass is 79.9. The first-order chi connectivity index (χ1) is 5.74. The molecule has 1 nitrogen and oxygen atoms in total. The van der Waals surface area contributed by atoms with E-state index in [1.165, 1.54) is 0 Å². The minimum Gasteiger partial charge on any atom is -0.491 e. The van der Waals surface area contributed by atoms with Crippen LogP contribution >= 0.6 is 39.1 Å². The van der Waals surface area contributed by atoms with Crippen molar-refractivity contribution in [2.45, 2.75) is 0 Å². The first-order valence-corrected chi connectivity index (χ1v) is 5.08. The third kappa shape index (κ3) is 2.85. The number of alkyl halides is 1. The van der Waals surface area contributed by atoms with Crippen LogP contribution < -0.4 is 4.74 Å². The van der Waals surface area contributed by atoms with Crippen LogP contribution in [-0.4, -0.2) is 12.5 Å². The maximum Gasteiger partial charge on any atom is 0.138 e. The fourth-order valence-corrected chi connectivity index (χ4v) is 1.55. The molecule has 0 bridgehead atoms. The van der Waals surface area contributed by atoms with Crippen molar-refractivity contribution >= 4 is 39.1 Å². The van der Waals surface area contributed by atoms with Crippen LogP contribution in [0.2, 0.25) is 5.02 Å². The number of halogens is 3. The molecule has 4 heteroatoms. The van der Waals surface area contributed by atoms with Gasteiger partial charge in [-0.2, -0.15) is 0 Å². The van der Waals surface area contributed by atoms with Crippen LogP contribution in [0.25, 0.3) is 0 Å². The van der Waals surface area contributed by atoms with Gasteiger partial charge in [0.2, 0.25) is 0 Å². The van der Waals surface area contributed by atoms with Gasteiger partial charge in [0, 0.05) is 4.47 Å². The molecule has 0 aliphatic heterocycles. The first kappa shape index (κ1) is 10.2. The van der Waals surface area contributed by atoms with Crippen LogP contribution in [0.15, 0.2) is 22.7 Å². The van der Waals surface area contributed by atoms with Gasteiger partial charge in [-0.3, -0.25) is 0 Å². The molecule has 0 atom stereocenters. The molecule has 0 saturated carbocycles. The Hall–Kier alpha value is 0.0800. The van der Waals surface area contributed by atoms with Gasteiger partial charge >= 0.3 is 0 Å². The van der Waals surface area contributed by atoms with Gasteiger partial charge in [-0.05, 0) is 18.2 Å². The SMILES string of the molecule is ClCCOc1ccc(Br)cc1Cl. The Labute approximate surface area is 89.7 Å². The average Bonchev–Trinajstić information content (AvgIpc) is 2.03. The van der Waals surface area contributed by atoms with Crippen LogP contribution in [0.1, 0.15) is 0 Å². The van der Waals surface area contributed by atoms with Gasteiger partial charge in [0.25, 0.3) is 0 Å². The van der Waals surface area contributed by atoms with Crippen LogP contribution in [0.4, 0.5) is 0 Å². The largest absolute Gasteiger partial charge is 0.491 e. The average molecular weight is 270 g/mol. The summed E-state index contributed by atoms with van der Waals surface area (Å²) in [6, 6.07) is 5.46. The Morgan fingerprint density at radius 2 is 2.17 bits per heavy atom. The van der Waals surface area contributed by atoms with Crippen molar-refractivity contribution in [3.8, 4) is 5.75 Å². The second-order valence-electron chi connectivity index (χ2n) is 2.11. The smallest absolute Gasteiger partial charge is 0.138 e. The summed E-state index contributed by atoms with van der Waals surface area (Å²) in [5, 5.41) is 0.592. The zero-order chi connectivity index (χ0) is 8.97. The van der Waals surface area contributed by atoms with Gasteiger partial charge in [0.05, 0.1) is 10.9 Å². The normalized spacial score (nSPS) is 9.92. The number of hydrogen-bond donors (Lipinski definition) is 0. The molecule has 12 heavy (non-hydrogen) atoms. The highest BCUT2D eigenvalue weighted by Crippen LogP contribution is 2.27. The van der Waals surface area contributed by atoms with Gasteiger partial charge in [0.1, 0.15) is 12.4 Å². The van der Waals surface area contributed by atoms with Crippen molar-refractivity contribution in [2.75, 3.05) is 12.5 Å². The fourth-order valence-electron chi connectivity index (χ4n) is 0.741. The minimum atomic E-state index is 0.465. The fraction of sp³-hybridized carbons (Fsp3) is 0.250. The van der Waals surface area contributed by atoms with E-state index in [4.69, 9.17) is 27.9 Å². The summed E-state index contributed by atoms with van der Waals surface area (Å²) < 4.78 is 6.19. The van der Waals surface area contributed by atoms with Crippen LogP contribution in [0, 0.1) is 0 Å². The Morgan fingerprint density at radius 3 is 2.75 bits per heavy atom. The third-order valence-corrected chi connectivity index (χ3v) is 2.17. The Bertz CT molecular complexity index is 265. The molecule has 0 aliphatic rings. The molecule has 0 fully saturated rings. The lowest BCUT2D eigenvalue weighted by molar-refractivity contribution is 0.343. The molecule has 0 unspecified atom stereocenters. The number of benzene rings is 1. The molecule has 0 saturated heterocycles. The Balaban J connectivity index is 2.72.